The molecule has 0 aromatic carbocycles. The summed E-state index contributed by atoms with van der Waals surface area (Å²) in [5.41, 5.74) is 0. The summed E-state index contributed by atoms with van der Waals surface area (Å²) in [6.45, 7) is 7.65. The van der Waals surface area contributed by atoms with Crippen LogP contribution in [0.5, 0.6) is 0 Å². The Kier molecular flexibility index (Phi) is 5.03. The molecule has 1 aliphatic heterocycles. The van der Waals surface area contributed by atoms with Crippen molar-refractivity contribution in [1.82, 2.24) is 0 Å². The molecule has 3 heteroatoms. The SMILES string of the molecule is CC(C)CC(O)CCCC1(C)OCCO1. The summed E-state index contributed by atoms with van der Waals surface area (Å²) in [4.78, 5) is 0. The average molecular weight is 216 g/mol. The summed E-state index contributed by atoms with van der Waals surface area (Å²) in [7, 11) is 0. The molecule has 0 amide bonds. The second-order valence-corrected chi connectivity index (χ2v) is 5.01. The van der Waals surface area contributed by atoms with E-state index in [0.29, 0.717) is 19.1 Å². The zero-order valence-electron chi connectivity index (χ0n) is 10.2. The van der Waals surface area contributed by atoms with Crippen LogP contribution in [0.25, 0.3) is 0 Å². The van der Waals surface area contributed by atoms with E-state index in [1.54, 1.807) is 0 Å². The van der Waals surface area contributed by atoms with Gasteiger partial charge in [-0.15, -0.1) is 0 Å². The lowest BCUT2D eigenvalue weighted by Gasteiger charge is -2.22. The molecular weight excluding hydrogens is 192 g/mol. The minimum Gasteiger partial charge on any atom is -0.393 e. The molecule has 1 aliphatic rings. The zero-order chi connectivity index (χ0) is 11.3. The molecule has 3 nitrogen and oxygen atoms in total. The molecule has 15 heavy (non-hydrogen) atoms. The largest absolute Gasteiger partial charge is 0.393 e. The van der Waals surface area contributed by atoms with Crippen molar-refractivity contribution in [1.29, 1.82) is 0 Å². The topological polar surface area (TPSA) is 38.7 Å². The van der Waals surface area contributed by atoms with Crippen molar-refractivity contribution in [2.24, 2.45) is 5.92 Å². The van der Waals surface area contributed by atoms with Gasteiger partial charge in [-0.05, 0) is 32.1 Å². The van der Waals surface area contributed by atoms with Crippen molar-refractivity contribution in [3.63, 3.8) is 0 Å². The number of aliphatic hydroxyl groups excluding tert-OH is 1. The van der Waals surface area contributed by atoms with Gasteiger partial charge < -0.3 is 14.6 Å². The maximum Gasteiger partial charge on any atom is 0.165 e. The molecule has 0 spiro atoms. The summed E-state index contributed by atoms with van der Waals surface area (Å²) >= 11 is 0. The molecule has 0 radical (unpaired) electrons. The van der Waals surface area contributed by atoms with Gasteiger partial charge in [-0.2, -0.15) is 0 Å². The summed E-state index contributed by atoms with van der Waals surface area (Å²) in [5, 5.41) is 9.70. The monoisotopic (exact) mass is 216 g/mol. The fraction of sp³-hybridized carbons (Fsp3) is 1.00. The third kappa shape index (κ3) is 4.96. The predicted octanol–water partition coefficient (Wildman–Crippen LogP) is 2.33. The van der Waals surface area contributed by atoms with Crippen molar-refractivity contribution >= 4 is 0 Å². The normalized spacial score (nSPS) is 22.2. The Hall–Kier alpha value is -0.120. The van der Waals surface area contributed by atoms with E-state index in [0.717, 1.165) is 25.7 Å². The number of ether oxygens (including phenoxy) is 2. The number of hydrogen-bond acceptors (Lipinski definition) is 3. The first-order valence-corrected chi connectivity index (χ1v) is 5.98. The Morgan fingerprint density at radius 1 is 1.27 bits per heavy atom. The van der Waals surface area contributed by atoms with Gasteiger partial charge in [0.2, 0.25) is 0 Å². The van der Waals surface area contributed by atoms with E-state index < -0.39 is 5.79 Å². The Balaban J connectivity index is 2.10. The Morgan fingerprint density at radius 2 is 1.87 bits per heavy atom. The van der Waals surface area contributed by atoms with Gasteiger partial charge in [-0.3, -0.25) is 0 Å². The quantitative estimate of drug-likeness (QED) is 0.740. The highest BCUT2D eigenvalue weighted by atomic mass is 16.7. The molecule has 0 aliphatic carbocycles. The van der Waals surface area contributed by atoms with E-state index in [1.807, 2.05) is 6.92 Å². The van der Waals surface area contributed by atoms with Crippen LogP contribution in [-0.2, 0) is 9.47 Å². The van der Waals surface area contributed by atoms with Gasteiger partial charge in [-0.1, -0.05) is 13.8 Å². The summed E-state index contributed by atoms with van der Waals surface area (Å²) < 4.78 is 11.0. The molecule has 1 unspecified atom stereocenters. The van der Waals surface area contributed by atoms with E-state index in [1.165, 1.54) is 0 Å². The molecule has 1 rings (SSSR count). The van der Waals surface area contributed by atoms with E-state index in [2.05, 4.69) is 13.8 Å². The summed E-state index contributed by atoms with van der Waals surface area (Å²) in [6.07, 6.45) is 3.40. The first kappa shape index (κ1) is 12.9. The van der Waals surface area contributed by atoms with Crippen molar-refractivity contribution in [2.75, 3.05) is 13.2 Å². The van der Waals surface area contributed by atoms with Crippen LogP contribution < -0.4 is 0 Å². The van der Waals surface area contributed by atoms with Crippen LogP contribution in [0.2, 0.25) is 0 Å². The molecule has 0 aromatic heterocycles. The molecule has 0 saturated carbocycles. The van der Waals surface area contributed by atoms with Crippen molar-refractivity contribution in [3.8, 4) is 0 Å². The number of hydrogen-bond donors (Lipinski definition) is 1. The fourth-order valence-electron chi connectivity index (χ4n) is 2.02. The molecule has 0 aromatic rings. The lowest BCUT2D eigenvalue weighted by molar-refractivity contribution is -0.148. The first-order valence-electron chi connectivity index (χ1n) is 5.98. The van der Waals surface area contributed by atoms with Crippen LogP contribution in [0.1, 0.15) is 46.5 Å². The molecule has 90 valence electrons. The minimum absolute atomic E-state index is 0.171. The van der Waals surface area contributed by atoms with Crippen LogP contribution >= 0.6 is 0 Å². The highest BCUT2D eigenvalue weighted by Gasteiger charge is 2.30. The Bertz CT molecular complexity index is 174. The van der Waals surface area contributed by atoms with Crippen molar-refractivity contribution < 1.29 is 14.6 Å². The van der Waals surface area contributed by atoms with Crippen molar-refractivity contribution in [3.05, 3.63) is 0 Å². The molecule has 1 atom stereocenters. The highest BCUT2D eigenvalue weighted by molar-refractivity contribution is 4.69. The smallest absolute Gasteiger partial charge is 0.165 e. The average Bonchev–Trinajstić information content (AvgIpc) is 2.51. The second-order valence-electron chi connectivity index (χ2n) is 5.01. The predicted molar refractivity (Wildman–Crippen MR) is 59.6 cm³/mol. The number of rotatable bonds is 6. The van der Waals surface area contributed by atoms with Gasteiger partial charge in [0.25, 0.3) is 0 Å². The van der Waals surface area contributed by atoms with Crippen LogP contribution in [0, 0.1) is 5.92 Å². The van der Waals surface area contributed by atoms with Crippen LogP contribution in [0.3, 0.4) is 0 Å². The minimum atomic E-state index is -0.391. The molecule has 1 saturated heterocycles. The molecule has 1 fully saturated rings. The molecule has 0 bridgehead atoms. The standard InChI is InChI=1S/C12H24O3/c1-10(2)9-11(13)5-4-6-12(3)14-7-8-15-12/h10-11,13H,4-9H2,1-3H3. The maximum absolute atomic E-state index is 9.70. The van der Waals surface area contributed by atoms with Gasteiger partial charge in [0.15, 0.2) is 5.79 Å². The van der Waals surface area contributed by atoms with Gasteiger partial charge in [0.05, 0.1) is 19.3 Å². The zero-order valence-corrected chi connectivity index (χ0v) is 10.2. The van der Waals surface area contributed by atoms with Gasteiger partial charge in [0, 0.05) is 6.42 Å². The van der Waals surface area contributed by atoms with Gasteiger partial charge in [0.1, 0.15) is 0 Å². The van der Waals surface area contributed by atoms with Gasteiger partial charge in [-0.25, -0.2) is 0 Å². The van der Waals surface area contributed by atoms with Crippen LogP contribution in [-0.4, -0.2) is 30.2 Å². The molecule has 1 heterocycles. The number of aliphatic hydroxyl groups is 1. The summed E-state index contributed by atoms with van der Waals surface area (Å²) in [6, 6.07) is 0. The van der Waals surface area contributed by atoms with E-state index >= 15 is 0 Å². The molecular formula is C12H24O3. The first-order chi connectivity index (χ1) is 7.02. The van der Waals surface area contributed by atoms with Crippen molar-refractivity contribution in [2.45, 2.75) is 58.3 Å². The van der Waals surface area contributed by atoms with E-state index in [-0.39, 0.29) is 6.10 Å². The Morgan fingerprint density at radius 3 is 2.40 bits per heavy atom. The molecule has 1 N–H and O–H groups in total. The van der Waals surface area contributed by atoms with Crippen LogP contribution in [0.15, 0.2) is 0 Å². The third-order valence-electron chi connectivity index (χ3n) is 2.81. The highest BCUT2D eigenvalue weighted by Crippen LogP contribution is 2.25. The second kappa shape index (κ2) is 5.83. The maximum atomic E-state index is 9.70. The lowest BCUT2D eigenvalue weighted by Crippen LogP contribution is -2.25. The fourth-order valence-corrected chi connectivity index (χ4v) is 2.02. The summed E-state index contributed by atoms with van der Waals surface area (Å²) in [5.74, 6) is 0.173. The van der Waals surface area contributed by atoms with E-state index in [4.69, 9.17) is 9.47 Å². The van der Waals surface area contributed by atoms with E-state index in [9.17, 15) is 5.11 Å². The Labute approximate surface area is 92.8 Å². The third-order valence-corrected chi connectivity index (χ3v) is 2.81. The van der Waals surface area contributed by atoms with Crippen LogP contribution in [0.4, 0.5) is 0 Å². The lowest BCUT2D eigenvalue weighted by atomic mass is 10.00. The van der Waals surface area contributed by atoms with Gasteiger partial charge >= 0.3 is 0 Å².